The highest BCUT2D eigenvalue weighted by Crippen LogP contribution is 2.39. The normalized spacial score (nSPS) is 25.3. The quantitative estimate of drug-likeness (QED) is 0.772. The predicted molar refractivity (Wildman–Crippen MR) is 101 cm³/mol. The van der Waals surface area contributed by atoms with E-state index in [0.717, 1.165) is 31.0 Å². The van der Waals surface area contributed by atoms with Gasteiger partial charge in [-0.15, -0.1) is 0 Å². The summed E-state index contributed by atoms with van der Waals surface area (Å²) in [5, 5.41) is 5.31. The van der Waals surface area contributed by atoms with Crippen LogP contribution in [0.25, 0.3) is 0 Å². The molecular weight excluding hydrogens is 318 g/mol. The average Bonchev–Trinajstić information content (AvgIpc) is 2.99. The number of rotatable bonds is 4. The van der Waals surface area contributed by atoms with E-state index < -0.39 is 0 Å². The maximum atomic E-state index is 6.21. The van der Waals surface area contributed by atoms with Gasteiger partial charge < -0.3 is 0 Å². The second kappa shape index (κ2) is 6.89. The fourth-order valence-corrected chi connectivity index (χ4v) is 4.02. The third-order valence-corrected chi connectivity index (χ3v) is 5.65. The van der Waals surface area contributed by atoms with E-state index in [1.165, 1.54) is 11.1 Å². The molecule has 0 saturated carbocycles. The summed E-state index contributed by atoms with van der Waals surface area (Å²) in [7, 11) is 0. The molecule has 0 spiro atoms. The van der Waals surface area contributed by atoms with Gasteiger partial charge in [0.2, 0.25) is 0 Å². The SMILES string of the molecule is CC(C)n1cc(CN2CC[C@](C)(c3cccc(Cl)c3)C[C@@H]2C)cn1. The number of likely N-dealkylation sites (tertiary alicyclic amines) is 1. The Morgan fingerprint density at radius 2 is 2.17 bits per heavy atom. The lowest BCUT2D eigenvalue weighted by Gasteiger charge is -2.44. The minimum atomic E-state index is 0.211. The largest absolute Gasteiger partial charge is 0.296 e. The molecular formula is C20H28ClN3. The number of piperidine rings is 1. The van der Waals surface area contributed by atoms with Crippen LogP contribution in [0.2, 0.25) is 5.02 Å². The summed E-state index contributed by atoms with van der Waals surface area (Å²) in [4.78, 5) is 2.58. The van der Waals surface area contributed by atoms with Gasteiger partial charge in [0.25, 0.3) is 0 Å². The van der Waals surface area contributed by atoms with Gasteiger partial charge in [0.1, 0.15) is 0 Å². The molecule has 1 fully saturated rings. The Balaban J connectivity index is 1.68. The molecule has 1 aromatic heterocycles. The van der Waals surface area contributed by atoms with Crippen molar-refractivity contribution in [3.63, 3.8) is 0 Å². The zero-order valence-corrected chi connectivity index (χ0v) is 15.9. The summed E-state index contributed by atoms with van der Waals surface area (Å²) in [6, 6.07) is 9.35. The van der Waals surface area contributed by atoms with Crippen LogP contribution in [0.15, 0.2) is 36.7 Å². The molecule has 1 aliphatic rings. The maximum absolute atomic E-state index is 6.21. The van der Waals surface area contributed by atoms with Crippen molar-refractivity contribution in [2.24, 2.45) is 0 Å². The number of hydrogen-bond donors (Lipinski definition) is 0. The second-order valence-electron chi connectivity index (χ2n) is 7.77. The first-order valence-corrected chi connectivity index (χ1v) is 9.28. The molecule has 0 radical (unpaired) electrons. The molecule has 0 N–H and O–H groups in total. The van der Waals surface area contributed by atoms with Crippen molar-refractivity contribution in [3.05, 3.63) is 52.8 Å². The molecule has 3 rings (SSSR count). The van der Waals surface area contributed by atoms with Crippen LogP contribution in [-0.2, 0) is 12.0 Å². The number of halogens is 1. The molecule has 0 aliphatic carbocycles. The van der Waals surface area contributed by atoms with E-state index in [2.05, 4.69) is 62.1 Å². The lowest BCUT2D eigenvalue weighted by atomic mass is 9.72. The van der Waals surface area contributed by atoms with Crippen molar-refractivity contribution in [3.8, 4) is 0 Å². The van der Waals surface area contributed by atoms with E-state index in [1.54, 1.807) is 0 Å². The fraction of sp³-hybridized carbons (Fsp3) is 0.550. The van der Waals surface area contributed by atoms with Gasteiger partial charge in [-0.25, -0.2) is 0 Å². The topological polar surface area (TPSA) is 21.1 Å². The molecule has 1 aromatic carbocycles. The average molecular weight is 346 g/mol. The molecule has 130 valence electrons. The third kappa shape index (κ3) is 3.68. The van der Waals surface area contributed by atoms with Crippen LogP contribution >= 0.6 is 11.6 Å². The number of hydrogen-bond acceptors (Lipinski definition) is 2. The van der Waals surface area contributed by atoms with Crippen molar-refractivity contribution in [2.45, 2.75) is 64.6 Å². The van der Waals surface area contributed by atoms with Gasteiger partial charge in [0, 0.05) is 35.4 Å². The summed E-state index contributed by atoms with van der Waals surface area (Å²) in [5.74, 6) is 0. The summed E-state index contributed by atoms with van der Waals surface area (Å²) >= 11 is 6.21. The van der Waals surface area contributed by atoms with Crippen molar-refractivity contribution >= 4 is 11.6 Å². The number of nitrogens with zero attached hydrogens (tertiary/aromatic N) is 3. The molecule has 4 heteroatoms. The Morgan fingerprint density at radius 1 is 1.38 bits per heavy atom. The Morgan fingerprint density at radius 3 is 2.79 bits per heavy atom. The highest BCUT2D eigenvalue weighted by Gasteiger charge is 2.35. The van der Waals surface area contributed by atoms with Gasteiger partial charge in [-0.3, -0.25) is 9.58 Å². The molecule has 3 nitrogen and oxygen atoms in total. The lowest BCUT2D eigenvalue weighted by molar-refractivity contribution is 0.103. The molecule has 1 saturated heterocycles. The van der Waals surface area contributed by atoms with Gasteiger partial charge in [-0.05, 0) is 63.3 Å². The van der Waals surface area contributed by atoms with Crippen LogP contribution in [0.1, 0.15) is 57.7 Å². The van der Waals surface area contributed by atoms with Crippen molar-refractivity contribution in [2.75, 3.05) is 6.54 Å². The van der Waals surface area contributed by atoms with E-state index in [9.17, 15) is 0 Å². The van der Waals surface area contributed by atoms with Crippen LogP contribution in [0.5, 0.6) is 0 Å². The predicted octanol–water partition coefficient (Wildman–Crippen LogP) is 5.06. The van der Waals surface area contributed by atoms with Gasteiger partial charge in [-0.1, -0.05) is 30.7 Å². The summed E-state index contributed by atoms with van der Waals surface area (Å²) < 4.78 is 2.04. The smallest absolute Gasteiger partial charge is 0.0534 e. The summed E-state index contributed by atoms with van der Waals surface area (Å²) in [5.41, 5.74) is 2.89. The molecule has 0 unspecified atom stereocenters. The van der Waals surface area contributed by atoms with Crippen LogP contribution < -0.4 is 0 Å². The van der Waals surface area contributed by atoms with Gasteiger partial charge >= 0.3 is 0 Å². The zero-order chi connectivity index (χ0) is 17.3. The first-order chi connectivity index (χ1) is 11.4. The zero-order valence-electron chi connectivity index (χ0n) is 15.2. The van der Waals surface area contributed by atoms with E-state index in [4.69, 9.17) is 11.6 Å². The van der Waals surface area contributed by atoms with Crippen molar-refractivity contribution < 1.29 is 0 Å². The molecule has 24 heavy (non-hydrogen) atoms. The first-order valence-electron chi connectivity index (χ1n) is 8.90. The summed E-state index contributed by atoms with van der Waals surface area (Å²) in [6.45, 7) is 11.1. The maximum Gasteiger partial charge on any atom is 0.0534 e. The number of benzene rings is 1. The highest BCUT2D eigenvalue weighted by molar-refractivity contribution is 6.30. The number of aromatic nitrogens is 2. The Kier molecular flexibility index (Phi) is 5.03. The summed E-state index contributed by atoms with van der Waals surface area (Å²) in [6.07, 6.45) is 6.52. The van der Waals surface area contributed by atoms with Gasteiger partial charge in [0.05, 0.1) is 6.20 Å². The van der Waals surface area contributed by atoms with E-state index in [-0.39, 0.29) is 5.41 Å². The van der Waals surface area contributed by atoms with Gasteiger partial charge in [0.15, 0.2) is 0 Å². The van der Waals surface area contributed by atoms with Crippen LogP contribution in [0.4, 0.5) is 0 Å². The van der Waals surface area contributed by atoms with E-state index >= 15 is 0 Å². The molecule has 2 atom stereocenters. The molecule has 1 aliphatic heterocycles. The van der Waals surface area contributed by atoms with E-state index in [0.29, 0.717) is 12.1 Å². The minimum absolute atomic E-state index is 0.211. The fourth-order valence-electron chi connectivity index (χ4n) is 3.83. The highest BCUT2D eigenvalue weighted by atomic mass is 35.5. The third-order valence-electron chi connectivity index (χ3n) is 5.41. The van der Waals surface area contributed by atoms with Crippen LogP contribution in [0.3, 0.4) is 0 Å². The Bertz CT molecular complexity index is 694. The standard InChI is InChI=1S/C20H28ClN3/c1-15(2)24-14-17(12-22-24)13-23-9-8-20(4,11-16(23)3)18-6-5-7-19(21)10-18/h5-7,10,12,14-16H,8-9,11,13H2,1-4H3/t16-,20-/m0/s1. The first kappa shape index (κ1) is 17.5. The molecule has 0 bridgehead atoms. The Hall–Kier alpha value is -1.32. The van der Waals surface area contributed by atoms with Crippen molar-refractivity contribution in [1.82, 2.24) is 14.7 Å². The lowest BCUT2D eigenvalue weighted by Crippen LogP contribution is -2.46. The molecule has 0 amide bonds. The second-order valence-corrected chi connectivity index (χ2v) is 8.20. The molecule has 2 aromatic rings. The van der Waals surface area contributed by atoms with E-state index in [1.807, 2.05) is 16.9 Å². The van der Waals surface area contributed by atoms with Crippen molar-refractivity contribution in [1.29, 1.82) is 0 Å². The monoisotopic (exact) mass is 345 g/mol. The van der Waals surface area contributed by atoms with Crippen LogP contribution in [0, 0.1) is 0 Å². The minimum Gasteiger partial charge on any atom is -0.296 e. The molecule has 2 heterocycles. The Labute approximate surface area is 150 Å². The van der Waals surface area contributed by atoms with Crippen LogP contribution in [-0.4, -0.2) is 27.3 Å². The van der Waals surface area contributed by atoms with Gasteiger partial charge in [-0.2, -0.15) is 5.10 Å².